The van der Waals surface area contributed by atoms with Gasteiger partial charge in [0.05, 0.1) is 24.9 Å². The summed E-state index contributed by atoms with van der Waals surface area (Å²) >= 11 is 0. The third kappa shape index (κ3) is 4.81. The smallest absolute Gasteiger partial charge is 0.318 e. The van der Waals surface area contributed by atoms with Crippen molar-refractivity contribution in [2.24, 2.45) is 0 Å². The van der Waals surface area contributed by atoms with Crippen molar-refractivity contribution in [1.29, 1.82) is 0 Å². The molecule has 1 fully saturated rings. The average Bonchev–Trinajstić information content (AvgIpc) is 3.25. The van der Waals surface area contributed by atoms with E-state index in [1.54, 1.807) is 11.1 Å². The number of nitrogens with zero attached hydrogens (tertiary/aromatic N) is 2. The number of aromatic nitrogens is 1. The average molecular weight is 381 g/mol. The largest absolute Gasteiger partial charge is 0.493 e. The molecule has 0 bridgehead atoms. The fourth-order valence-corrected chi connectivity index (χ4v) is 3.75. The zero-order chi connectivity index (χ0) is 19.2. The molecule has 1 saturated heterocycles. The molecule has 3 heterocycles. The molecule has 0 spiro atoms. The van der Waals surface area contributed by atoms with Gasteiger partial charge in [-0.2, -0.15) is 0 Å². The number of rotatable bonds is 6. The molecule has 4 rings (SSSR count). The maximum atomic E-state index is 12.9. The quantitative estimate of drug-likeness (QED) is 0.834. The predicted octanol–water partition coefficient (Wildman–Crippen LogP) is 3.30. The first-order valence-corrected chi connectivity index (χ1v) is 10.1. The highest BCUT2D eigenvalue weighted by atomic mass is 16.5. The number of amides is 2. The van der Waals surface area contributed by atoms with Crippen molar-refractivity contribution in [2.75, 3.05) is 19.8 Å². The molecule has 2 aliphatic rings. The van der Waals surface area contributed by atoms with Crippen LogP contribution in [-0.2, 0) is 24.2 Å². The van der Waals surface area contributed by atoms with Gasteiger partial charge < -0.3 is 19.7 Å². The number of hydrogen-bond donors (Lipinski definition) is 1. The topological polar surface area (TPSA) is 63.7 Å². The van der Waals surface area contributed by atoms with Gasteiger partial charge in [0.1, 0.15) is 5.75 Å². The Balaban J connectivity index is 1.39. The van der Waals surface area contributed by atoms with Crippen LogP contribution < -0.4 is 10.1 Å². The van der Waals surface area contributed by atoms with E-state index in [4.69, 9.17) is 9.47 Å². The number of pyridine rings is 1. The molecule has 1 atom stereocenters. The number of nitrogens with one attached hydrogen (secondary N) is 1. The molecule has 0 aliphatic carbocycles. The molecule has 1 unspecified atom stereocenters. The lowest BCUT2D eigenvalue weighted by Crippen LogP contribution is -2.43. The van der Waals surface area contributed by atoms with Gasteiger partial charge in [-0.15, -0.1) is 0 Å². The first kappa shape index (κ1) is 18.7. The summed E-state index contributed by atoms with van der Waals surface area (Å²) in [6.07, 6.45) is 5.99. The van der Waals surface area contributed by atoms with E-state index in [-0.39, 0.29) is 12.1 Å². The second-order valence-electron chi connectivity index (χ2n) is 7.39. The van der Waals surface area contributed by atoms with Gasteiger partial charge in [0.2, 0.25) is 0 Å². The SMILES string of the molecule is O=C(NCc1ccc2c(c1)CCCO2)N(Cc1ccccn1)CC1CCCO1. The van der Waals surface area contributed by atoms with Crippen LogP contribution in [0.3, 0.4) is 0 Å². The van der Waals surface area contributed by atoms with Crippen molar-refractivity contribution in [2.45, 2.75) is 44.9 Å². The molecule has 1 N–H and O–H groups in total. The summed E-state index contributed by atoms with van der Waals surface area (Å²) in [6, 6.07) is 11.8. The van der Waals surface area contributed by atoms with Crippen LogP contribution in [0.25, 0.3) is 0 Å². The van der Waals surface area contributed by atoms with E-state index in [1.807, 2.05) is 30.3 Å². The number of aryl methyl sites for hydroxylation is 1. The van der Waals surface area contributed by atoms with Crippen LogP contribution in [0.1, 0.15) is 36.1 Å². The lowest BCUT2D eigenvalue weighted by atomic mass is 10.0. The Bertz CT molecular complexity index is 791. The van der Waals surface area contributed by atoms with Crippen LogP contribution in [0.2, 0.25) is 0 Å². The lowest BCUT2D eigenvalue weighted by Gasteiger charge is -2.25. The van der Waals surface area contributed by atoms with Crippen molar-refractivity contribution in [3.63, 3.8) is 0 Å². The van der Waals surface area contributed by atoms with E-state index in [9.17, 15) is 4.79 Å². The van der Waals surface area contributed by atoms with Gasteiger partial charge in [-0.3, -0.25) is 4.98 Å². The van der Waals surface area contributed by atoms with Crippen molar-refractivity contribution in [1.82, 2.24) is 15.2 Å². The minimum Gasteiger partial charge on any atom is -0.493 e. The zero-order valence-electron chi connectivity index (χ0n) is 16.1. The Labute approximate surface area is 165 Å². The first-order chi connectivity index (χ1) is 13.8. The minimum absolute atomic E-state index is 0.0878. The molecule has 148 valence electrons. The molecule has 0 radical (unpaired) electrons. The van der Waals surface area contributed by atoms with E-state index in [1.165, 1.54) is 5.56 Å². The van der Waals surface area contributed by atoms with Crippen LogP contribution >= 0.6 is 0 Å². The summed E-state index contributed by atoms with van der Waals surface area (Å²) in [5, 5.41) is 3.06. The number of fused-ring (bicyclic) bond motifs is 1. The molecule has 2 amide bonds. The van der Waals surface area contributed by atoms with Crippen molar-refractivity contribution < 1.29 is 14.3 Å². The van der Waals surface area contributed by atoms with Crippen LogP contribution in [0.4, 0.5) is 4.79 Å². The first-order valence-electron chi connectivity index (χ1n) is 10.1. The van der Waals surface area contributed by atoms with E-state index in [2.05, 4.69) is 16.4 Å². The Hall–Kier alpha value is -2.60. The summed E-state index contributed by atoms with van der Waals surface area (Å²) in [5.74, 6) is 0.969. The molecule has 1 aromatic carbocycles. The van der Waals surface area contributed by atoms with E-state index in [0.29, 0.717) is 19.6 Å². The Kier molecular flexibility index (Phi) is 6.07. The molecule has 6 nitrogen and oxygen atoms in total. The van der Waals surface area contributed by atoms with Gasteiger partial charge in [-0.1, -0.05) is 18.2 Å². The van der Waals surface area contributed by atoms with Crippen molar-refractivity contribution >= 4 is 6.03 Å². The van der Waals surface area contributed by atoms with Gasteiger partial charge >= 0.3 is 6.03 Å². The van der Waals surface area contributed by atoms with Crippen LogP contribution in [0.5, 0.6) is 5.75 Å². The van der Waals surface area contributed by atoms with Gasteiger partial charge in [-0.05, 0) is 55.0 Å². The van der Waals surface area contributed by atoms with E-state index < -0.39 is 0 Å². The van der Waals surface area contributed by atoms with Crippen molar-refractivity contribution in [3.8, 4) is 5.75 Å². The summed E-state index contributed by atoms with van der Waals surface area (Å²) < 4.78 is 11.4. The van der Waals surface area contributed by atoms with Crippen LogP contribution in [0, 0.1) is 0 Å². The molecule has 2 aromatic rings. The molecular formula is C22H27N3O3. The number of ether oxygens (including phenoxy) is 2. The van der Waals surface area contributed by atoms with Gasteiger partial charge in [-0.25, -0.2) is 4.79 Å². The van der Waals surface area contributed by atoms with Gasteiger partial charge in [0.15, 0.2) is 0 Å². The summed E-state index contributed by atoms with van der Waals surface area (Å²) in [4.78, 5) is 19.1. The Morgan fingerprint density at radius 2 is 2.18 bits per heavy atom. The van der Waals surface area contributed by atoms with Crippen molar-refractivity contribution in [3.05, 3.63) is 59.4 Å². The second kappa shape index (κ2) is 9.06. The zero-order valence-corrected chi connectivity index (χ0v) is 16.1. The van der Waals surface area contributed by atoms with Crippen LogP contribution in [0.15, 0.2) is 42.6 Å². The number of carbonyl (C=O) groups excluding carboxylic acids is 1. The lowest BCUT2D eigenvalue weighted by molar-refractivity contribution is 0.0791. The maximum absolute atomic E-state index is 12.9. The normalized spacial score (nSPS) is 18.2. The number of hydrogen-bond acceptors (Lipinski definition) is 4. The fraction of sp³-hybridized carbons (Fsp3) is 0.455. The fourth-order valence-electron chi connectivity index (χ4n) is 3.75. The highest BCUT2D eigenvalue weighted by Crippen LogP contribution is 2.25. The molecule has 28 heavy (non-hydrogen) atoms. The molecule has 0 saturated carbocycles. The Morgan fingerprint density at radius 3 is 3.00 bits per heavy atom. The van der Waals surface area contributed by atoms with E-state index in [0.717, 1.165) is 55.9 Å². The number of urea groups is 1. The number of carbonyl (C=O) groups is 1. The maximum Gasteiger partial charge on any atom is 0.318 e. The highest BCUT2D eigenvalue weighted by molar-refractivity contribution is 5.74. The number of benzene rings is 1. The Morgan fingerprint density at radius 1 is 1.21 bits per heavy atom. The highest BCUT2D eigenvalue weighted by Gasteiger charge is 2.23. The molecule has 2 aliphatic heterocycles. The third-order valence-electron chi connectivity index (χ3n) is 5.23. The molecular weight excluding hydrogens is 354 g/mol. The molecule has 6 heteroatoms. The van der Waals surface area contributed by atoms with Gasteiger partial charge in [0, 0.05) is 25.9 Å². The second-order valence-corrected chi connectivity index (χ2v) is 7.39. The third-order valence-corrected chi connectivity index (χ3v) is 5.23. The summed E-state index contributed by atoms with van der Waals surface area (Å²) in [6.45, 7) is 3.12. The monoisotopic (exact) mass is 381 g/mol. The summed E-state index contributed by atoms with van der Waals surface area (Å²) in [7, 11) is 0. The molecule has 1 aromatic heterocycles. The van der Waals surface area contributed by atoms with E-state index >= 15 is 0 Å². The van der Waals surface area contributed by atoms with Gasteiger partial charge in [0.25, 0.3) is 0 Å². The minimum atomic E-state index is -0.0878. The standard InChI is InChI=1S/C22H27N3O3/c26-22(24-14-17-8-9-21-18(13-17)5-3-12-28-21)25(16-20-7-4-11-27-20)15-19-6-1-2-10-23-19/h1-2,6,8-10,13,20H,3-5,7,11-12,14-16H2,(H,24,26). The summed E-state index contributed by atoms with van der Waals surface area (Å²) in [5.41, 5.74) is 3.19. The predicted molar refractivity (Wildman–Crippen MR) is 106 cm³/mol. The van der Waals surface area contributed by atoms with Crippen LogP contribution in [-0.4, -0.2) is 41.8 Å².